The summed E-state index contributed by atoms with van der Waals surface area (Å²) >= 11 is 3.34. The Morgan fingerprint density at radius 2 is 2.14 bits per heavy atom. The first-order chi connectivity index (χ1) is 10.1. The molecule has 0 amide bonds. The Morgan fingerprint density at radius 3 is 2.81 bits per heavy atom. The number of rotatable bonds is 6. The molecule has 2 aromatic rings. The van der Waals surface area contributed by atoms with Gasteiger partial charge in [-0.15, -0.1) is 0 Å². The highest BCUT2D eigenvalue weighted by molar-refractivity contribution is 9.10. The van der Waals surface area contributed by atoms with E-state index in [0.717, 1.165) is 34.5 Å². The summed E-state index contributed by atoms with van der Waals surface area (Å²) in [5.74, 6) is 0.517. The van der Waals surface area contributed by atoms with Crippen molar-refractivity contribution >= 4 is 15.9 Å². The van der Waals surface area contributed by atoms with Crippen molar-refractivity contribution in [3.05, 3.63) is 57.8 Å². The maximum atomic E-state index is 13.5. The topological polar surface area (TPSA) is 37.8 Å². The third kappa shape index (κ3) is 4.86. The van der Waals surface area contributed by atoms with Gasteiger partial charge in [-0.3, -0.25) is 0 Å². The molecule has 0 bridgehead atoms. The van der Waals surface area contributed by atoms with E-state index in [2.05, 4.69) is 38.1 Å². The fourth-order valence-corrected chi connectivity index (χ4v) is 2.75. The summed E-state index contributed by atoms with van der Waals surface area (Å²) in [4.78, 5) is 8.62. The SMILES string of the molecule is CCCNC(Cc1cc(F)cc(Br)c1)c1ccnc(C)n1. The third-order valence-corrected chi connectivity index (χ3v) is 3.62. The molecule has 0 aliphatic rings. The van der Waals surface area contributed by atoms with Gasteiger partial charge >= 0.3 is 0 Å². The summed E-state index contributed by atoms with van der Waals surface area (Å²) in [5.41, 5.74) is 1.88. The van der Waals surface area contributed by atoms with Crippen LogP contribution in [0.3, 0.4) is 0 Å². The van der Waals surface area contributed by atoms with Gasteiger partial charge < -0.3 is 5.32 Å². The molecule has 1 atom stereocenters. The molecule has 0 saturated carbocycles. The van der Waals surface area contributed by atoms with E-state index in [1.165, 1.54) is 6.07 Å². The van der Waals surface area contributed by atoms with Gasteiger partial charge in [-0.2, -0.15) is 0 Å². The first-order valence-electron chi connectivity index (χ1n) is 7.06. The van der Waals surface area contributed by atoms with Crippen LogP contribution in [0.1, 0.15) is 36.5 Å². The quantitative estimate of drug-likeness (QED) is 0.855. The van der Waals surface area contributed by atoms with Gasteiger partial charge in [-0.25, -0.2) is 14.4 Å². The largest absolute Gasteiger partial charge is 0.308 e. The van der Waals surface area contributed by atoms with Crippen molar-refractivity contribution in [1.29, 1.82) is 0 Å². The molecule has 0 saturated heterocycles. The molecule has 1 unspecified atom stereocenters. The third-order valence-electron chi connectivity index (χ3n) is 3.16. The van der Waals surface area contributed by atoms with E-state index in [-0.39, 0.29) is 11.9 Å². The summed E-state index contributed by atoms with van der Waals surface area (Å²) in [7, 11) is 0. The summed E-state index contributed by atoms with van der Waals surface area (Å²) in [6.07, 6.45) is 3.49. The minimum absolute atomic E-state index is 0.0559. The second kappa shape index (κ2) is 7.61. The highest BCUT2D eigenvalue weighted by Gasteiger charge is 2.14. The Kier molecular flexibility index (Phi) is 5.82. The van der Waals surface area contributed by atoms with Crippen LogP contribution >= 0.6 is 15.9 Å². The molecule has 2 rings (SSSR count). The minimum Gasteiger partial charge on any atom is -0.308 e. The second-order valence-corrected chi connectivity index (χ2v) is 5.93. The molecule has 112 valence electrons. The molecule has 0 aliphatic heterocycles. The van der Waals surface area contributed by atoms with Crippen molar-refractivity contribution in [1.82, 2.24) is 15.3 Å². The van der Waals surface area contributed by atoms with E-state index in [9.17, 15) is 4.39 Å². The lowest BCUT2D eigenvalue weighted by Gasteiger charge is -2.18. The smallest absolute Gasteiger partial charge is 0.125 e. The second-order valence-electron chi connectivity index (χ2n) is 5.02. The maximum absolute atomic E-state index is 13.5. The Labute approximate surface area is 133 Å². The molecule has 1 aromatic carbocycles. The zero-order chi connectivity index (χ0) is 15.2. The van der Waals surface area contributed by atoms with Crippen molar-refractivity contribution in [2.24, 2.45) is 0 Å². The zero-order valence-corrected chi connectivity index (χ0v) is 13.8. The maximum Gasteiger partial charge on any atom is 0.125 e. The number of aryl methyl sites for hydroxylation is 1. The van der Waals surface area contributed by atoms with E-state index in [0.29, 0.717) is 6.42 Å². The van der Waals surface area contributed by atoms with Gasteiger partial charge in [0.05, 0.1) is 11.7 Å². The van der Waals surface area contributed by atoms with Gasteiger partial charge in [-0.1, -0.05) is 22.9 Å². The lowest BCUT2D eigenvalue weighted by molar-refractivity contribution is 0.513. The van der Waals surface area contributed by atoms with E-state index in [4.69, 9.17) is 0 Å². The van der Waals surface area contributed by atoms with Crippen LogP contribution in [0.5, 0.6) is 0 Å². The van der Waals surface area contributed by atoms with E-state index in [1.807, 2.05) is 19.1 Å². The van der Waals surface area contributed by atoms with Gasteiger partial charge in [-0.05, 0) is 56.1 Å². The van der Waals surface area contributed by atoms with E-state index >= 15 is 0 Å². The Balaban J connectivity index is 2.23. The predicted octanol–water partition coefficient (Wildman–Crippen LogP) is 3.97. The van der Waals surface area contributed by atoms with Gasteiger partial charge in [0.15, 0.2) is 0 Å². The molecule has 1 aromatic heterocycles. The van der Waals surface area contributed by atoms with Crippen LogP contribution in [0.4, 0.5) is 4.39 Å². The molecular weight excluding hydrogens is 333 g/mol. The highest BCUT2D eigenvalue weighted by Crippen LogP contribution is 2.21. The monoisotopic (exact) mass is 351 g/mol. The molecule has 0 spiro atoms. The van der Waals surface area contributed by atoms with E-state index < -0.39 is 0 Å². The number of hydrogen-bond acceptors (Lipinski definition) is 3. The van der Waals surface area contributed by atoms with Gasteiger partial charge in [0, 0.05) is 10.7 Å². The molecule has 5 heteroatoms. The van der Waals surface area contributed by atoms with Crippen molar-refractivity contribution in [2.45, 2.75) is 32.7 Å². The molecule has 1 N–H and O–H groups in total. The number of aromatic nitrogens is 2. The standard InChI is InChI=1S/C16H19BrFN3/c1-3-5-20-16(15-4-6-19-11(2)21-15)9-12-7-13(17)10-14(18)8-12/h4,6-8,10,16,20H,3,5,9H2,1-2H3. The number of benzene rings is 1. The number of nitrogens with zero attached hydrogens (tertiary/aromatic N) is 2. The first kappa shape index (κ1) is 16.0. The lowest BCUT2D eigenvalue weighted by Crippen LogP contribution is -2.25. The Bertz CT molecular complexity index is 584. The van der Waals surface area contributed by atoms with Gasteiger partial charge in [0.2, 0.25) is 0 Å². The van der Waals surface area contributed by atoms with Crippen LogP contribution in [0, 0.1) is 12.7 Å². The van der Waals surface area contributed by atoms with E-state index in [1.54, 1.807) is 12.3 Å². The summed E-state index contributed by atoms with van der Waals surface area (Å²) in [5, 5.41) is 3.47. The van der Waals surface area contributed by atoms with Crippen LogP contribution in [0.25, 0.3) is 0 Å². The van der Waals surface area contributed by atoms with Crippen molar-refractivity contribution in [3.63, 3.8) is 0 Å². The predicted molar refractivity (Wildman–Crippen MR) is 85.6 cm³/mol. The average Bonchev–Trinajstić information content (AvgIpc) is 2.42. The summed E-state index contributed by atoms with van der Waals surface area (Å²) < 4.78 is 14.3. The molecule has 21 heavy (non-hydrogen) atoms. The van der Waals surface area contributed by atoms with Crippen LogP contribution in [-0.4, -0.2) is 16.5 Å². The molecule has 0 fully saturated rings. The molecule has 0 radical (unpaired) electrons. The van der Waals surface area contributed by atoms with Crippen LogP contribution in [-0.2, 0) is 6.42 Å². The van der Waals surface area contributed by atoms with Crippen LogP contribution in [0.15, 0.2) is 34.9 Å². The zero-order valence-electron chi connectivity index (χ0n) is 12.2. The summed E-state index contributed by atoms with van der Waals surface area (Å²) in [6.45, 7) is 4.89. The van der Waals surface area contributed by atoms with Crippen molar-refractivity contribution in [2.75, 3.05) is 6.54 Å². The number of nitrogens with one attached hydrogen (secondary N) is 1. The number of hydrogen-bond donors (Lipinski definition) is 1. The van der Waals surface area contributed by atoms with Gasteiger partial charge in [0.1, 0.15) is 11.6 Å². The fourth-order valence-electron chi connectivity index (χ4n) is 2.23. The first-order valence-corrected chi connectivity index (χ1v) is 7.85. The number of halogens is 2. The molecule has 0 aliphatic carbocycles. The molecule has 1 heterocycles. The highest BCUT2D eigenvalue weighted by atomic mass is 79.9. The lowest BCUT2D eigenvalue weighted by atomic mass is 10.0. The Morgan fingerprint density at radius 1 is 1.33 bits per heavy atom. The Hall–Kier alpha value is -1.33. The van der Waals surface area contributed by atoms with Crippen molar-refractivity contribution < 1.29 is 4.39 Å². The van der Waals surface area contributed by atoms with Crippen LogP contribution < -0.4 is 5.32 Å². The normalized spacial score (nSPS) is 12.4. The minimum atomic E-state index is -0.229. The molecular formula is C16H19BrFN3. The fraction of sp³-hybridized carbons (Fsp3) is 0.375. The van der Waals surface area contributed by atoms with Gasteiger partial charge in [0.25, 0.3) is 0 Å². The van der Waals surface area contributed by atoms with Crippen LogP contribution in [0.2, 0.25) is 0 Å². The van der Waals surface area contributed by atoms with Crippen molar-refractivity contribution in [3.8, 4) is 0 Å². The summed E-state index contributed by atoms with van der Waals surface area (Å²) in [6, 6.07) is 6.94. The average molecular weight is 352 g/mol. The molecule has 3 nitrogen and oxygen atoms in total.